The second kappa shape index (κ2) is 9.66. The van der Waals surface area contributed by atoms with Crippen LogP contribution < -0.4 is 15.4 Å². The van der Waals surface area contributed by atoms with Crippen LogP contribution >= 0.6 is 31.9 Å². The molecule has 0 spiro atoms. The quantitative estimate of drug-likeness (QED) is 0.326. The number of aromatic hydroxyl groups is 1. The van der Waals surface area contributed by atoms with Gasteiger partial charge in [-0.3, -0.25) is 0 Å². The average molecular weight is 596 g/mol. The molecule has 4 rings (SSSR count). The summed E-state index contributed by atoms with van der Waals surface area (Å²) in [5, 5.41) is 17.4. The molecule has 9 heteroatoms. The highest BCUT2D eigenvalue weighted by molar-refractivity contribution is 9.11. The Morgan fingerprint density at radius 2 is 1.79 bits per heavy atom. The van der Waals surface area contributed by atoms with Crippen LogP contribution in [-0.2, 0) is 22.7 Å². The van der Waals surface area contributed by atoms with E-state index in [0.717, 1.165) is 50.8 Å². The number of hydrogen-bond donors (Lipinski definition) is 3. The van der Waals surface area contributed by atoms with Crippen LogP contribution in [0.1, 0.15) is 22.7 Å². The fourth-order valence-corrected chi connectivity index (χ4v) is 6.30. The Morgan fingerprint density at radius 1 is 1.12 bits per heavy atom. The van der Waals surface area contributed by atoms with Gasteiger partial charge in [-0.15, -0.1) is 0 Å². The van der Waals surface area contributed by atoms with Gasteiger partial charge in [-0.2, -0.15) is 0 Å². The van der Waals surface area contributed by atoms with Gasteiger partial charge in [-0.05, 0) is 116 Å². The summed E-state index contributed by atoms with van der Waals surface area (Å²) in [6.45, 7) is 0.829. The molecule has 0 radical (unpaired) electrons. The van der Waals surface area contributed by atoms with Crippen molar-refractivity contribution < 1.29 is 18.3 Å². The fraction of sp³-hybridized carbons (Fsp3) is 0.250. The lowest BCUT2D eigenvalue weighted by Crippen LogP contribution is -2.31. The second-order valence-electron chi connectivity index (χ2n) is 8.04. The van der Waals surface area contributed by atoms with Gasteiger partial charge >= 0.3 is 0 Å². The highest BCUT2D eigenvalue weighted by Gasteiger charge is 2.23. The first-order chi connectivity index (χ1) is 15.7. The first kappa shape index (κ1) is 24.1. The lowest BCUT2D eigenvalue weighted by Gasteiger charge is -2.28. The van der Waals surface area contributed by atoms with E-state index in [1.165, 1.54) is 6.26 Å². The molecule has 0 fully saturated rings. The van der Waals surface area contributed by atoms with Crippen LogP contribution in [0, 0.1) is 0 Å². The normalized spacial score (nSPS) is 15.7. The third-order valence-corrected chi connectivity index (χ3v) is 7.99. The van der Waals surface area contributed by atoms with E-state index in [9.17, 15) is 13.5 Å². The molecule has 0 aliphatic carbocycles. The van der Waals surface area contributed by atoms with Gasteiger partial charge in [0.15, 0.2) is 9.84 Å². The molecular formula is C24H24Br2N2O4S. The number of sulfone groups is 1. The van der Waals surface area contributed by atoms with Gasteiger partial charge < -0.3 is 20.5 Å². The molecular weight excluding hydrogens is 572 g/mol. The Bertz CT molecular complexity index is 1270. The number of halogens is 2. The molecule has 1 atom stereocenters. The number of nitrogens with one attached hydrogen (secondary N) is 2. The number of phenolic OH excluding ortho intramolecular Hbond substituents is 1. The minimum Gasteiger partial charge on any atom is -0.506 e. The van der Waals surface area contributed by atoms with E-state index in [0.29, 0.717) is 11.4 Å². The van der Waals surface area contributed by atoms with Gasteiger partial charge in [0, 0.05) is 18.0 Å². The highest BCUT2D eigenvalue weighted by atomic mass is 79.9. The minimum absolute atomic E-state index is 0.0784. The molecule has 0 amide bonds. The zero-order valence-corrected chi connectivity index (χ0v) is 22.1. The standard InChI is InChI=1S/C24H24Br2N2O4S/c1-32-24-19(25)9-14(10-20(24)26)11-21-18-13-22(23(29)12-15(18)7-8-27-21)28-16-3-5-17(6-4-16)33(2,30)31/h3-6,9-10,12-13,21,27-29H,7-8,11H2,1-2H3. The van der Waals surface area contributed by atoms with E-state index in [-0.39, 0.29) is 16.7 Å². The predicted octanol–water partition coefficient (Wildman–Crippen LogP) is 5.50. The molecule has 0 aromatic heterocycles. The van der Waals surface area contributed by atoms with Crippen molar-refractivity contribution in [1.29, 1.82) is 0 Å². The summed E-state index contributed by atoms with van der Waals surface area (Å²) < 4.78 is 30.6. The van der Waals surface area contributed by atoms with Crippen molar-refractivity contribution >= 4 is 53.1 Å². The predicted molar refractivity (Wildman–Crippen MR) is 137 cm³/mol. The number of rotatable bonds is 6. The Morgan fingerprint density at radius 3 is 2.39 bits per heavy atom. The van der Waals surface area contributed by atoms with Crippen LogP contribution in [0.3, 0.4) is 0 Å². The summed E-state index contributed by atoms with van der Waals surface area (Å²) in [5.74, 6) is 0.922. The molecule has 3 N–H and O–H groups in total. The van der Waals surface area contributed by atoms with Crippen molar-refractivity contribution in [2.24, 2.45) is 0 Å². The maximum atomic E-state index is 11.7. The van der Waals surface area contributed by atoms with Crippen LogP contribution in [0.2, 0.25) is 0 Å². The number of methoxy groups -OCH3 is 1. The first-order valence-electron chi connectivity index (χ1n) is 10.3. The lowest BCUT2D eigenvalue weighted by atomic mass is 9.89. The zero-order chi connectivity index (χ0) is 23.8. The van der Waals surface area contributed by atoms with Crippen LogP contribution in [0.15, 0.2) is 62.4 Å². The van der Waals surface area contributed by atoms with Crippen molar-refractivity contribution in [1.82, 2.24) is 5.32 Å². The van der Waals surface area contributed by atoms with E-state index in [4.69, 9.17) is 4.74 Å². The Hall–Kier alpha value is -2.07. The van der Waals surface area contributed by atoms with Crippen molar-refractivity contribution in [3.05, 3.63) is 74.2 Å². The van der Waals surface area contributed by atoms with Gasteiger partial charge in [-0.25, -0.2) is 8.42 Å². The molecule has 1 heterocycles. The summed E-state index contributed by atoms with van der Waals surface area (Å²) >= 11 is 7.15. The molecule has 3 aromatic carbocycles. The van der Waals surface area contributed by atoms with Crippen molar-refractivity contribution in [3.63, 3.8) is 0 Å². The Kier molecular flexibility index (Phi) is 7.04. The fourth-order valence-electron chi connectivity index (χ4n) is 4.06. The van der Waals surface area contributed by atoms with Gasteiger partial charge in [0.2, 0.25) is 0 Å². The molecule has 3 aromatic rings. The monoisotopic (exact) mass is 594 g/mol. The number of ether oxygens (including phenoxy) is 1. The smallest absolute Gasteiger partial charge is 0.175 e. The van der Waals surface area contributed by atoms with Gasteiger partial charge in [0.25, 0.3) is 0 Å². The molecule has 0 saturated heterocycles. The third-order valence-electron chi connectivity index (χ3n) is 5.68. The van der Waals surface area contributed by atoms with Gasteiger partial charge in [0.05, 0.1) is 26.6 Å². The SMILES string of the molecule is COc1c(Br)cc(CC2NCCc3cc(O)c(Nc4ccc(S(C)(=O)=O)cc4)cc32)cc1Br. The number of fused-ring (bicyclic) bond motifs is 1. The Labute approximate surface area is 210 Å². The maximum absolute atomic E-state index is 11.7. The summed E-state index contributed by atoms with van der Waals surface area (Å²) in [7, 11) is -1.62. The van der Waals surface area contributed by atoms with Crippen molar-refractivity contribution in [2.75, 3.05) is 25.2 Å². The van der Waals surface area contributed by atoms with Crippen molar-refractivity contribution in [3.8, 4) is 11.5 Å². The molecule has 1 aliphatic rings. The molecule has 174 valence electrons. The van der Waals surface area contributed by atoms with Gasteiger partial charge in [-0.1, -0.05) is 0 Å². The molecule has 0 saturated carbocycles. The number of benzene rings is 3. The molecule has 1 aliphatic heterocycles. The number of hydrogen-bond acceptors (Lipinski definition) is 6. The van der Waals surface area contributed by atoms with Gasteiger partial charge in [0.1, 0.15) is 11.5 Å². The number of phenols is 1. The summed E-state index contributed by atoms with van der Waals surface area (Å²) in [5.41, 5.74) is 4.64. The van der Waals surface area contributed by atoms with Crippen LogP contribution in [0.5, 0.6) is 11.5 Å². The Balaban J connectivity index is 1.62. The van der Waals surface area contributed by atoms with E-state index < -0.39 is 9.84 Å². The summed E-state index contributed by atoms with van der Waals surface area (Å²) in [6, 6.07) is 14.5. The third kappa shape index (κ3) is 5.37. The first-order valence-corrected chi connectivity index (χ1v) is 13.8. The highest BCUT2D eigenvalue weighted by Crippen LogP contribution is 2.38. The summed E-state index contributed by atoms with van der Waals surface area (Å²) in [6.07, 6.45) is 2.78. The van der Waals surface area contributed by atoms with Crippen LogP contribution in [0.25, 0.3) is 0 Å². The van der Waals surface area contributed by atoms with Crippen molar-refractivity contribution in [2.45, 2.75) is 23.8 Å². The van der Waals surface area contributed by atoms with E-state index >= 15 is 0 Å². The average Bonchev–Trinajstić information content (AvgIpc) is 2.74. The molecule has 33 heavy (non-hydrogen) atoms. The lowest BCUT2D eigenvalue weighted by molar-refractivity contribution is 0.409. The topological polar surface area (TPSA) is 87.7 Å². The zero-order valence-electron chi connectivity index (χ0n) is 18.2. The van der Waals surface area contributed by atoms with E-state index in [2.05, 4.69) is 54.6 Å². The number of anilines is 2. The van der Waals surface area contributed by atoms with E-state index in [1.807, 2.05) is 12.1 Å². The van der Waals surface area contributed by atoms with Crippen LogP contribution in [0.4, 0.5) is 11.4 Å². The maximum Gasteiger partial charge on any atom is 0.175 e. The summed E-state index contributed by atoms with van der Waals surface area (Å²) in [4.78, 5) is 0.254. The van der Waals surface area contributed by atoms with Crippen LogP contribution in [-0.4, -0.2) is 33.4 Å². The second-order valence-corrected chi connectivity index (χ2v) is 11.8. The largest absolute Gasteiger partial charge is 0.506 e. The molecule has 0 bridgehead atoms. The molecule has 6 nitrogen and oxygen atoms in total. The van der Waals surface area contributed by atoms with E-state index in [1.54, 1.807) is 31.4 Å². The minimum atomic E-state index is -3.26. The molecule has 1 unspecified atom stereocenters.